The van der Waals surface area contributed by atoms with Gasteiger partial charge in [-0.1, -0.05) is 31.2 Å². The summed E-state index contributed by atoms with van der Waals surface area (Å²) in [5.74, 6) is 0.102. The number of nitrogens with zero attached hydrogens (tertiary/aromatic N) is 1. The quantitative estimate of drug-likeness (QED) is 0.514. The zero-order chi connectivity index (χ0) is 21.4. The summed E-state index contributed by atoms with van der Waals surface area (Å²) in [7, 11) is 0. The van der Waals surface area contributed by atoms with E-state index in [1.807, 2.05) is 6.92 Å². The van der Waals surface area contributed by atoms with E-state index in [0.29, 0.717) is 19.3 Å². The number of halogens is 2. The fourth-order valence-corrected chi connectivity index (χ4v) is 3.11. The van der Waals surface area contributed by atoms with E-state index < -0.39 is 36.4 Å². The Morgan fingerprint density at radius 3 is 2.66 bits per heavy atom. The van der Waals surface area contributed by atoms with E-state index in [1.54, 1.807) is 12.1 Å². The number of likely N-dealkylation sites (tertiary alicyclic amines) is 1. The van der Waals surface area contributed by atoms with Gasteiger partial charge in [-0.15, -0.1) is 11.8 Å². The van der Waals surface area contributed by atoms with Gasteiger partial charge in [-0.2, -0.15) is 8.78 Å². The molecule has 0 aliphatic carbocycles. The molecule has 1 amide bonds. The predicted octanol–water partition coefficient (Wildman–Crippen LogP) is 3.27. The highest BCUT2D eigenvalue weighted by Gasteiger charge is 2.52. The first kappa shape index (κ1) is 22.6. The summed E-state index contributed by atoms with van der Waals surface area (Å²) in [6, 6.07) is 5.29. The molecule has 5 nitrogen and oxygen atoms in total. The van der Waals surface area contributed by atoms with E-state index in [-0.39, 0.29) is 12.1 Å². The number of aliphatic hydroxyl groups is 1. The lowest BCUT2D eigenvalue weighted by atomic mass is 10.1. The van der Waals surface area contributed by atoms with Gasteiger partial charge in [0, 0.05) is 25.8 Å². The minimum absolute atomic E-state index is 0.0773. The van der Waals surface area contributed by atoms with Gasteiger partial charge in [-0.25, -0.2) is 4.79 Å². The maximum absolute atomic E-state index is 13.9. The maximum Gasteiger partial charge on any atom is 0.335 e. The lowest BCUT2D eigenvalue weighted by molar-refractivity contribution is -0.148. The summed E-state index contributed by atoms with van der Waals surface area (Å²) in [5, 5.41) is 18.9. The molecule has 1 heterocycles. The number of carboxylic acids is 1. The number of carboxylic acid groups (broad SMARTS) is 1. The second kappa shape index (κ2) is 10.2. The largest absolute Gasteiger partial charge is 0.478 e. The van der Waals surface area contributed by atoms with E-state index in [1.165, 1.54) is 24.3 Å². The number of rotatable bonds is 8. The van der Waals surface area contributed by atoms with Crippen molar-refractivity contribution in [1.82, 2.24) is 4.90 Å². The standard InChI is InChI=1S/C22H25F2NO4/c1-2-3-4-5-6-19(26)12-11-18-15-22(23,24)21(29)25(18)14-13-16-7-9-17(10-8-16)20(27)28/h7-12,18-19,26H,2,5-6,13-15H2,1H3,(H,27,28)/b12-11+/t18?,19-/m0/s1. The molecule has 0 radical (unpaired) electrons. The second-order valence-electron chi connectivity index (χ2n) is 6.92. The van der Waals surface area contributed by atoms with Crippen LogP contribution in [0.25, 0.3) is 0 Å². The molecule has 1 saturated heterocycles. The average molecular weight is 405 g/mol. The third kappa shape index (κ3) is 6.40. The molecule has 1 aliphatic heterocycles. The SMILES string of the molecule is CCC#CCC[C@H](O)/C=C/C1CC(F)(F)C(=O)N1CCc1ccc(C(=O)O)cc1. The Bertz CT molecular complexity index is 808. The molecule has 29 heavy (non-hydrogen) atoms. The first-order valence-electron chi connectivity index (χ1n) is 9.58. The summed E-state index contributed by atoms with van der Waals surface area (Å²) in [6.07, 6.45) is 3.44. The molecule has 0 bridgehead atoms. The van der Waals surface area contributed by atoms with Crippen LogP contribution in [0, 0.1) is 11.8 Å². The molecule has 1 fully saturated rings. The Morgan fingerprint density at radius 2 is 2.03 bits per heavy atom. The lowest BCUT2D eigenvalue weighted by Gasteiger charge is -2.22. The number of hydrogen-bond donors (Lipinski definition) is 2. The van der Waals surface area contributed by atoms with Crippen molar-refractivity contribution in [2.75, 3.05) is 6.54 Å². The van der Waals surface area contributed by atoms with E-state index >= 15 is 0 Å². The number of carbonyl (C=O) groups is 2. The third-order valence-electron chi connectivity index (χ3n) is 4.70. The van der Waals surface area contributed by atoms with Gasteiger partial charge in [-0.05, 0) is 30.5 Å². The van der Waals surface area contributed by atoms with E-state index in [4.69, 9.17) is 5.11 Å². The lowest BCUT2D eigenvalue weighted by Crippen LogP contribution is -2.37. The van der Waals surface area contributed by atoms with Crippen LogP contribution < -0.4 is 0 Å². The fraction of sp³-hybridized carbons (Fsp3) is 0.455. The van der Waals surface area contributed by atoms with Crippen LogP contribution in [0.15, 0.2) is 36.4 Å². The Kier molecular flexibility index (Phi) is 7.91. The summed E-state index contributed by atoms with van der Waals surface area (Å²) >= 11 is 0. The van der Waals surface area contributed by atoms with Crippen molar-refractivity contribution < 1.29 is 28.6 Å². The van der Waals surface area contributed by atoms with E-state index in [0.717, 1.165) is 16.9 Å². The zero-order valence-corrected chi connectivity index (χ0v) is 16.3. The Balaban J connectivity index is 2.00. The van der Waals surface area contributed by atoms with Crippen LogP contribution >= 0.6 is 0 Å². The number of carbonyl (C=O) groups excluding carboxylic acids is 1. The highest BCUT2D eigenvalue weighted by Crippen LogP contribution is 2.34. The fourth-order valence-electron chi connectivity index (χ4n) is 3.11. The van der Waals surface area contributed by atoms with Crippen LogP contribution in [0.3, 0.4) is 0 Å². The predicted molar refractivity (Wildman–Crippen MR) is 105 cm³/mol. The minimum Gasteiger partial charge on any atom is -0.478 e. The molecule has 0 aromatic heterocycles. The van der Waals surface area contributed by atoms with Crippen LogP contribution in [-0.4, -0.2) is 51.6 Å². The van der Waals surface area contributed by atoms with E-state index in [2.05, 4.69) is 11.8 Å². The van der Waals surface area contributed by atoms with Gasteiger partial charge in [0.15, 0.2) is 0 Å². The molecule has 0 spiro atoms. The highest BCUT2D eigenvalue weighted by molar-refractivity contribution is 5.87. The molecule has 2 N–H and O–H groups in total. The van der Waals surface area contributed by atoms with Gasteiger partial charge in [0.2, 0.25) is 0 Å². The number of aromatic carboxylic acids is 1. The molecule has 0 saturated carbocycles. The maximum atomic E-state index is 13.9. The first-order valence-corrected chi connectivity index (χ1v) is 9.58. The van der Waals surface area contributed by atoms with Crippen LogP contribution in [0.2, 0.25) is 0 Å². The van der Waals surface area contributed by atoms with Crippen molar-refractivity contribution in [3.63, 3.8) is 0 Å². The molecule has 2 atom stereocenters. The van der Waals surface area contributed by atoms with Crippen LogP contribution in [0.1, 0.15) is 48.5 Å². The van der Waals surface area contributed by atoms with Gasteiger partial charge in [0.05, 0.1) is 17.7 Å². The molecule has 1 unspecified atom stereocenters. The monoisotopic (exact) mass is 405 g/mol. The van der Waals surface area contributed by atoms with Crippen LogP contribution in [-0.2, 0) is 11.2 Å². The van der Waals surface area contributed by atoms with Gasteiger partial charge >= 0.3 is 11.9 Å². The van der Waals surface area contributed by atoms with Gasteiger partial charge in [0.1, 0.15) is 0 Å². The molecule has 156 valence electrons. The zero-order valence-electron chi connectivity index (χ0n) is 16.3. The van der Waals surface area contributed by atoms with E-state index in [9.17, 15) is 23.5 Å². The van der Waals surface area contributed by atoms with Gasteiger partial charge in [0.25, 0.3) is 5.91 Å². The van der Waals surface area contributed by atoms with Gasteiger partial charge < -0.3 is 15.1 Å². The van der Waals surface area contributed by atoms with Gasteiger partial charge in [-0.3, -0.25) is 4.79 Å². The van der Waals surface area contributed by atoms with Crippen LogP contribution in [0.4, 0.5) is 8.78 Å². The molecular formula is C22H25F2NO4. The molecular weight excluding hydrogens is 380 g/mol. The number of alkyl halides is 2. The normalized spacial score (nSPS) is 19.2. The number of aliphatic hydroxyl groups excluding tert-OH is 1. The van der Waals surface area contributed by atoms with Crippen molar-refractivity contribution in [1.29, 1.82) is 0 Å². The Hall–Kier alpha value is -2.72. The molecule has 2 rings (SSSR count). The summed E-state index contributed by atoms with van der Waals surface area (Å²) in [6.45, 7) is 2.00. The molecule has 7 heteroatoms. The average Bonchev–Trinajstić information content (AvgIpc) is 2.91. The summed E-state index contributed by atoms with van der Waals surface area (Å²) in [4.78, 5) is 24.1. The number of hydrogen-bond acceptors (Lipinski definition) is 3. The smallest absolute Gasteiger partial charge is 0.335 e. The molecule has 1 aromatic rings. The Labute approximate surface area is 169 Å². The van der Waals surface area contributed by atoms with Crippen molar-refractivity contribution in [2.45, 2.75) is 57.1 Å². The van der Waals surface area contributed by atoms with Crippen LogP contribution in [0.5, 0.6) is 0 Å². The van der Waals surface area contributed by atoms with Crippen molar-refractivity contribution in [2.24, 2.45) is 0 Å². The Morgan fingerprint density at radius 1 is 1.34 bits per heavy atom. The number of benzene rings is 1. The second-order valence-corrected chi connectivity index (χ2v) is 6.92. The molecule has 1 aromatic carbocycles. The van der Waals surface area contributed by atoms with Crippen molar-refractivity contribution in [3.05, 3.63) is 47.5 Å². The first-order chi connectivity index (χ1) is 13.7. The third-order valence-corrected chi connectivity index (χ3v) is 4.70. The topological polar surface area (TPSA) is 77.8 Å². The highest BCUT2D eigenvalue weighted by atomic mass is 19.3. The summed E-state index contributed by atoms with van der Waals surface area (Å²) < 4.78 is 27.9. The molecule has 1 aliphatic rings. The van der Waals surface area contributed by atoms with Crippen molar-refractivity contribution in [3.8, 4) is 11.8 Å². The minimum atomic E-state index is -3.43. The van der Waals surface area contributed by atoms with Crippen molar-refractivity contribution >= 4 is 11.9 Å². The number of amides is 1. The summed E-state index contributed by atoms with van der Waals surface area (Å²) in [5.41, 5.74) is 0.881.